The van der Waals surface area contributed by atoms with Crippen LogP contribution in [0.2, 0.25) is 0 Å². The van der Waals surface area contributed by atoms with Crippen LogP contribution in [-0.4, -0.2) is 5.97 Å². The van der Waals surface area contributed by atoms with E-state index in [4.69, 9.17) is 4.74 Å². The summed E-state index contributed by atoms with van der Waals surface area (Å²) in [7, 11) is 0. The minimum absolute atomic E-state index is 0.115. The molecule has 0 saturated carbocycles. The van der Waals surface area contributed by atoms with Gasteiger partial charge in [0.2, 0.25) is 0 Å². The second kappa shape index (κ2) is 8.14. The molecule has 2 nitrogen and oxygen atoms in total. The number of esters is 1. The van der Waals surface area contributed by atoms with E-state index in [9.17, 15) is 4.79 Å². The van der Waals surface area contributed by atoms with Crippen molar-refractivity contribution in [1.29, 1.82) is 0 Å². The predicted molar refractivity (Wildman–Crippen MR) is 68.0 cm³/mol. The molecule has 0 spiro atoms. The van der Waals surface area contributed by atoms with Gasteiger partial charge in [0.15, 0.2) is 0 Å². The van der Waals surface area contributed by atoms with Crippen LogP contribution < -0.4 is 0 Å². The average molecular weight is 224 g/mol. The zero-order valence-electron chi connectivity index (χ0n) is 11.2. The van der Waals surface area contributed by atoms with Crippen LogP contribution in [0.4, 0.5) is 0 Å². The third kappa shape index (κ3) is 7.27. The van der Waals surface area contributed by atoms with Crippen LogP contribution in [-0.2, 0) is 9.53 Å². The monoisotopic (exact) mass is 224 g/mol. The first kappa shape index (κ1) is 14.9. The molecule has 0 aliphatic carbocycles. The van der Waals surface area contributed by atoms with E-state index in [0.717, 1.165) is 30.6 Å². The number of allylic oxidation sites excluding steroid dienone is 4. The first-order valence-corrected chi connectivity index (χ1v) is 5.97. The third-order valence-electron chi connectivity index (χ3n) is 2.17. The molecule has 0 N–H and O–H groups in total. The summed E-state index contributed by atoms with van der Waals surface area (Å²) >= 11 is 0. The molecule has 0 fully saturated rings. The van der Waals surface area contributed by atoms with Gasteiger partial charge in [0, 0.05) is 12.8 Å². The Hall–Kier alpha value is -1.05. The van der Waals surface area contributed by atoms with Gasteiger partial charge in [-0.05, 0) is 46.1 Å². The van der Waals surface area contributed by atoms with E-state index >= 15 is 0 Å². The fourth-order valence-corrected chi connectivity index (χ4v) is 1.29. The summed E-state index contributed by atoms with van der Waals surface area (Å²) in [5, 5.41) is 0. The van der Waals surface area contributed by atoms with Gasteiger partial charge in [0.1, 0.15) is 5.76 Å². The predicted octanol–water partition coefficient (Wildman–Crippen LogP) is 4.37. The van der Waals surface area contributed by atoms with Gasteiger partial charge in [-0.3, -0.25) is 4.79 Å². The normalized spacial score (nSPS) is 9.56. The van der Waals surface area contributed by atoms with E-state index in [2.05, 4.69) is 19.9 Å². The van der Waals surface area contributed by atoms with Crippen LogP contribution in [0, 0.1) is 0 Å². The molecule has 0 aromatic heterocycles. The Morgan fingerprint density at radius 3 is 2.19 bits per heavy atom. The van der Waals surface area contributed by atoms with Crippen molar-refractivity contribution in [3.63, 3.8) is 0 Å². The lowest BCUT2D eigenvalue weighted by Gasteiger charge is -2.09. The minimum atomic E-state index is -0.115. The van der Waals surface area contributed by atoms with Crippen LogP contribution in [0.1, 0.15) is 60.3 Å². The fourth-order valence-electron chi connectivity index (χ4n) is 1.29. The minimum Gasteiger partial charge on any atom is -0.431 e. The number of hydrogen-bond donors (Lipinski definition) is 0. The zero-order valence-corrected chi connectivity index (χ0v) is 11.2. The van der Waals surface area contributed by atoms with Crippen LogP contribution >= 0.6 is 0 Å². The molecule has 0 atom stereocenters. The summed E-state index contributed by atoms with van der Waals surface area (Å²) in [6.45, 7) is 10.1. The van der Waals surface area contributed by atoms with Crippen molar-refractivity contribution in [3.05, 3.63) is 23.0 Å². The largest absolute Gasteiger partial charge is 0.431 e. The second-order valence-corrected chi connectivity index (χ2v) is 4.47. The van der Waals surface area contributed by atoms with E-state index in [1.807, 2.05) is 20.8 Å². The Morgan fingerprint density at radius 1 is 1.12 bits per heavy atom. The summed E-state index contributed by atoms with van der Waals surface area (Å²) < 4.78 is 5.35. The van der Waals surface area contributed by atoms with Crippen molar-refractivity contribution in [1.82, 2.24) is 0 Å². The van der Waals surface area contributed by atoms with Gasteiger partial charge < -0.3 is 4.74 Å². The number of hydrogen-bond acceptors (Lipinski definition) is 2. The van der Waals surface area contributed by atoms with Crippen molar-refractivity contribution in [2.45, 2.75) is 60.3 Å². The molecule has 0 amide bonds. The second-order valence-electron chi connectivity index (χ2n) is 4.47. The lowest BCUT2D eigenvalue weighted by Crippen LogP contribution is -2.05. The van der Waals surface area contributed by atoms with Gasteiger partial charge in [0.25, 0.3) is 0 Å². The van der Waals surface area contributed by atoms with Crippen LogP contribution in [0.25, 0.3) is 0 Å². The molecule has 92 valence electrons. The van der Waals surface area contributed by atoms with Gasteiger partial charge in [-0.15, -0.1) is 0 Å². The third-order valence-corrected chi connectivity index (χ3v) is 2.17. The van der Waals surface area contributed by atoms with Gasteiger partial charge in [-0.2, -0.15) is 0 Å². The van der Waals surface area contributed by atoms with E-state index in [1.54, 1.807) is 0 Å². The molecule has 0 aromatic carbocycles. The first-order chi connectivity index (χ1) is 7.47. The Balaban J connectivity index is 4.26. The van der Waals surface area contributed by atoms with Crippen molar-refractivity contribution in [2.24, 2.45) is 0 Å². The molecule has 0 radical (unpaired) electrons. The summed E-state index contributed by atoms with van der Waals surface area (Å²) in [5.74, 6) is 0.715. The Kier molecular flexibility index (Phi) is 7.61. The molecule has 0 unspecified atom stereocenters. The zero-order chi connectivity index (χ0) is 12.6. The van der Waals surface area contributed by atoms with Gasteiger partial charge in [0.05, 0.1) is 0 Å². The van der Waals surface area contributed by atoms with E-state index in [1.165, 1.54) is 5.57 Å². The molecule has 2 heteroatoms. The maximum Gasteiger partial charge on any atom is 0.310 e. The van der Waals surface area contributed by atoms with Gasteiger partial charge in [-0.25, -0.2) is 0 Å². The van der Waals surface area contributed by atoms with E-state index in [-0.39, 0.29) is 5.97 Å². The fraction of sp³-hybridized carbons (Fsp3) is 0.643. The molecule has 0 aromatic rings. The lowest BCUT2D eigenvalue weighted by atomic mass is 10.1. The smallest absolute Gasteiger partial charge is 0.310 e. The van der Waals surface area contributed by atoms with Crippen molar-refractivity contribution in [2.75, 3.05) is 0 Å². The SMILES string of the molecule is CCCC(=O)OC(CCC=C(C)C)=C(C)C. The van der Waals surface area contributed by atoms with Crippen molar-refractivity contribution in [3.8, 4) is 0 Å². The van der Waals surface area contributed by atoms with Crippen molar-refractivity contribution >= 4 is 5.97 Å². The number of carbonyl (C=O) groups excluding carboxylic acids is 1. The Labute approximate surface area is 99.4 Å². The van der Waals surface area contributed by atoms with Crippen LogP contribution in [0.15, 0.2) is 23.0 Å². The summed E-state index contributed by atoms with van der Waals surface area (Å²) in [6.07, 6.45) is 5.24. The highest BCUT2D eigenvalue weighted by Gasteiger charge is 2.07. The standard InChI is InChI=1S/C14H24O2/c1-6-8-14(15)16-13(12(4)5)10-7-9-11(2)3/h9H,6-8,10H2,1-5H3. The molecular weight excluding hydrogens is 200 g/mol. The van der Waals surface area contributed by atoms with Crippen molar-refractivity contribution < 1.29 is 9.53 Å². The highest BCUT2D eigenvalue weighted by Crippen LogP contribution is 2.15. The summed E-state index contributed by atoms with van der Waals surface area (Å²) in [6, 6.07) is 0. The summed E-state index contributed by atoms with van der Waals surface area (Å²) in [4.78, 5) is 11.4. The van der Waals surface area contributed by atoms with E-state index in [0.29, 0.717) is 6.42 Å². The molecular formula is C14H24O2. The molecule has 0 rings (SSSR count). The number of ether oxygens (including phenoxy) is 1. The molecule has 0 aliphatic rings. The van der Waals surface area contributed by atoms with E-state index < -0.39 is 0 Å². The maximum absolute atomic E-state index is 11.4. The van der Waals surface area contributed by atoms with Crippen LogP contribution in [0.3, 0.4) is 0 Å². The van der Waals surface area contributed by atoms with Crippen LogP contribution in [0.5, 0.6) is 0 Å². The summed E-state index contributed by atoms with van der Waals surface area (Å²) in [5.41, 5.74) is 2.39. The lowest BCUT2D eigenvalue weighted by molar-refractivity contribution is -0.139. The topological polar surface area (TPSA) is 26.3 Å². The Bertz CT molecular complexity index is 277. The molecule has 0 heterocycles. The number of carbonyl (C=O) groups is 1. The highest BCUT2D eigenvalue weighted by molar-refractivity contribution is 5.70. The quantitative estimate of drug-likeness (QED) is 0.380. The molecule has 16 heavy (non-hydrogen) atoms. The Morgan fingerprint density at radius 2 is 1.75 bits per heavy atom. The molecule has 0 bridgehead atoms. The molecule has 0 aliphatic heterocycles. The number of rotatable bonds is 6. The highest BCUT2D eigenvalue weighted by atomic mass is 16.5. The van der Waals surface area contributed by atoms with Gasteiger partial charge >= 0.3 is 5.97 Å². The van der Waals surface area contributed by atoms with Gasteiger partial charge in [-0.1, -0.05) is 18.6 Å². The maximum atomic E-state index is 11.4. The first-order valence-electron chi connectivity index (χ1n) is 5.97. The molecule has 0 saturated heterocycles. The average Bonchev–Trinajstić information content (AvgIpc) is 2.15.